The molecule has 0 atom stereocenters. The first-order valence-electron chi connectivity index (χ1n) is 6.80. The molecule has 0 aliphatic rings. The second-order valence-corrected chi connectivity index (χ2v) is 6.82. The van der Waals surface area contributed by atoms with Crippen LogP contribution in [0.5, 0.6) is 0 Å². The lowest BCUT2D eigenvalue weighted by atomic mass is 10.2. The van der Waals surface area contributed by atoms with Gasteiger partial charge in [-0.15, -0.1) is 0 Å². The standard InChI is InChI=1S/C16H12Cl2N2O2S/c1-10-2-5-12(6-3-10)20-15(21)19(16(22)23-20)9-11-4-7-13(17)14(18)8-11/h2-8H,9H2,1H3. The highest BCUT2D eigenvalue weighted by Gasteiger charge is 2.12. The lowest BCUT2D eigenvalue weighted by Crippen LogP contribution is -2.28. The van der Waals surface area contributed by atoms with Gasteiger partial charge in [0.15, 0.2) is 0 Å². The Morgan fingerprint density at radius 3 is 2.35 bits per heavy atom. The Kier molecular flexibility index (Phi) is 4.43. The van der Waals surface area contributed by atoms with Crippen LogP contribution < -0.4 is 10.6 Å². The van der Waals surface area contributed by atoms with Crippen LogP contribution in [0.2, 0.25) is 10.0 Å². The van der Waals surface area contributed by atoms with Crippen molar-refractivity contribution in [3.63, 3.8) is 0 Å². The molecule has 0 spiro atoms. The summed E-state index contributed by atoms with van der Waals surface area (Å²) in [5, 5.41) is 0.830. The van der Waals surface area contributed by atoms with E-state index >= 15 is 0 Å². The number of nitrogens with zero attached hydrogens (tertiary/aromatic N) is 2. The Hall–Kier alpha value is -1.82. The summed E-state index contributed by atoms with van der Waals surface area (Å²) in [7, 11) is 0. The van der Waals surface area contributed by atoms with E-state index in [2.05, 4.69) is 0 Å². The summed E-state index contributed by atoms with van der Waals surface area (Å²) in [6.07, 6.45) is 0. The molecule has 1 aromatic heterocycles. The Morgan fingerprint density at radius 2 is 1.70 bits per heavy atom. The molecule has 0 unspecified atom stereocenters. The van der Waals surface area contributed by atoms with Gasteiger partial charge in [-0.2, -0.15) is 0 Å². The first kappa shape index (κ1) is 16.1. The molecule has 0 aliphatic heterocycles. The first-order valence-corrected chi connectivity index (χ1v) is 8.33. The Labute approximate surface area is 146 Å². The van der Waals surface area contributed by atoms with Crippen LogP contribution in [0, 0.1) is 6.92 Å². The molecule has 0 aliphatic carbocycles. The maximum atomic E-state index is 12.5. The van der Waals surface area contributed by atoms with Gasteiger partial charge in [0, 0.05) is 11.5 Å². The van der Waals surface area contributed by atoms with Crippen molar-refractivity contribution in [1.82, 2.24) is 8.52 Å². The number of halogens is 2. The van der Waals surface area contributed by atoms with Crippen molar-refractivity contribution in [2.75, 3.05) is 0 Å². The summed E-state index contributed by atoms with van der Waals surface area (Å²) < 4.78 is 2.57. The van der Waals surface area contributed by atoms with E-state index in [-0.39, 0.29) is 17.1 Å². The zero-order valence-corrected chi connectivity index (χ0v) is 14.5. The van der Waals surface area contributed by atoms with E-state index in [1.54, 1.807) is 18.2 Å². The van der Waals surface area contributed by atoms with Gasteiger partial charge in [-0.3, -0.25) is 4.79 Å². The van der Waals surface area contributed by atoms with E-state index in [4.69, 9.17) is 23.2 Å². The van der Waals surface area contributed by atoms with Gasteiger partial charge in [0.05, 0.1) is 22.3 Å². The van der Waals surface area contributed by atoms with Crippen molar-refractivity contribution in [3.8, 4) is 5.69 Å². The van der Waals surface area contributed by atoms with E-state index in [0.717, 1.165) is 22.7 Å². The summed E-state index contributed by atoms with van der Waals surface area (Å²) in [6.45, 7) is 2.12. The zero-order valence-electron chi connectivity index (χ0n) is 12.1. The van der Waals surface area contributed by atoms with Gasteiger partial charge >= 0.3 is 10.6 Å². The Bertz CT molecular complexity index is 971. The van der Waals surface area contributed by atoms with Crippen LogP contribution >= 0.6 is 34.7 Å². The van der Waals surface area contributed by atoms with Gasteiger partial charge in [-0.25, -0.2) is 13.3 Å². The molecule has 0 radical (unpaired) electrons. The monoisotopic (exact) mass is 366 g/mol. The summed E-state index contributed by atoms with van der Waals surface area (Å²) >= 11 is 12.7. The highest BCUT2D eigenvalue weighted by atomic mass is 35.5. The molecule has 3 aromatic rings. The molecule has 0 amide bonds. The molecular formula is C16H12Cl2N2O2S. The van der Waals surface area contributed by atoms with Crippen molar-refractivity contribution in [2.24, 2.45) is 0 Å². The van der Waals surface area contributed by atoms with E-state index in [1.807, 2.05) is 31.2 Å². The minimum Gasteiger partial charge on any atom is -0.255 e. The molecule has 4 nitrogen and oxygen atoms in total. The minimum absolute atomic E-state index is 0.157. The molecule has 0 fully saturated rings. The molecule has 7 heteroatoms. The molecule has 2 aromatic carbocycles. The highest BCUT2D eigenvalue weighted by Crippen LogP contribution is 2.22. The van der Waals surface area contributed by atoms with Gasteiger partial charge in [0.1, 0.15) is 0 Å². The van der Waals surface area contributed by atoms with Crippen molar-refractivity contribution in [3.05, 3.63) is 83.8 Å². The molecule has 3 rings (SSSR count). The molecule has 1 heterocycles. The van der Waals surface area contributed by atoms with E-state index < -0.39 is 0 Å². The molecule has 23 heavy (non-hydrogen) atoms. The molecule has 0 N–H and O–H groups in total. The van der Waals surface area contributed by atoms with Crippen LogP contribution in [0.1, 0.15) is 11.1 Å². The smallest absolute Gasteiger partial charge is 0.255 e. The maximum absolute atomic E-state index is 12.5. The third-order valence-corrected chi connectivity index (χ3v) is 5.05. The summed E-state index contributed by atoms with van der Waals surface area (Å²) in [5.74, 6) is 0. The fourth-order valence-electron chi connectivity index (χ4n) is 2.15. The van der Waals surface area contributed by atoms with Gasteiger partial charge < -0.3 is 0 Å². The fraction of sp³-hybridized carbons (Fsp3) is 0.125. The van der Waals surface area contributed by atoms with Crippen LogP contribution in [0.15, 0.2) is 52.1 Å². The summed E-state index contributed by atoms with van der Waals surface area (Å²) in [5.41, 5.74) is 2.14. The van der Waals surface area contributed by atoms with Crippen LogP contribution in [-0.2, 0) is 6.54 Å². The number of hydrogen-bond donors (Lipinski definition) is 0. The van der Waals surface area contributed by atoms with Crippen LogP contribution in [0.25, 0.3) is 5.69 Å². The third-order valence-electron chi connectivity index (χ3n) is 3.39. The van der Waals surface area contributed by atoms with Crippen molar-refractivity contribution in [1.29, 1.82) is 0 Å². The Balaban J connectivity index is 2.01. The van der Waals surface area contributed by atoms with Crippen molar-refractivity contribution < 1.29 is 0 Å². The molecular weight excluding hydrogens is 355 g/mol. The lowest BCUT2D eigenvalue weighted by molar-refractivity contribution is 0.723. The van der Waals surface area contributed by atoms with Gasteiger partial charge in [0.25, 0.3) is 0 Å². The normalized spacial score (nSPS) is 10.9. The number of benzene rings is 2. The zero-order chi connectivity index (χ0) is 16.6. The summed E-state index contributed by atoms with van der Waals surface area (Å²) in [6, 6.07) is 12.5. The molecule has 0 bridgehead atoms. The molecule has 118 valence electrons. The quantitative estimate of drug-likeness (QED) is 0.708. The van der Waals surface area contributed by atoms with E-state index in [9.17, 15) is 9.59 Å². The predicted octanol–water partition coefficient (Wildman–Crippen LogP) is 3.72. The van der Waals surface area contributed by atoms with Gasteiger partial charge in [0.2, 0.25) is 0 Å². The van der Waals surface area contributed by atoms with Crippen LogP contribution in [0.4, 0.5) is 0 Å². The summed E-state index contributed by atoms with van der Waals surface area (Å²) in [4.78, 5) is 24.3. The van der Waals surface area contributed by atoms with Crippen molar-refractivity contribution >= 4 is 34.7 Å². The SMILES string of the molecule is Cc1ccc(-n2sc(=O)n(Cc3ccc(Cl)c(Cl)c3)c2=O)cc1. The number of rotatable bonds is 3. The number of hydrogen-bond acceptors (Lipinski definition) is 3. The lowest BCUT2D eigenvalue weighted by Gasteiger charge is -2.03. The van der Waals surface area contributed by atoms with E-state index in [0.29, 0.717) is 15.7 Å². The molecule has 0 saturated heterocycles. The minimum atomic E-state index is -0.366. The van der Waals surface area contributed by atoms with Crippen molar-refractivity contribution in [2.45, 2.75) is 13.5 Å². The first-order chi connectivity index (χ1) is 11.0. The second-order valence-electron chi connectivity index (χ2n) is 5.10. The maximum Gasteiger partial charge on any atom is 0.346 e. The predicted molar refractivity (Wildman–Crippen MR) is 94.5 cm³/mol. The number of aromatic nitrogens is 2. The third kappa shape index (κ3) is 3.27. The second kappa shape index (κ2) is 6.35. The average Bonchev–Trinajstić information content (AvgIpc) is 2.80. The largest absolute Gasteiger partial charge is 0.346 e. The van der Waals surface area contributed by atoms with Crippen LogP contribution in [0.3, 0.4) is 0 Å². The van der Waals surface area contributed by atoms with Crippen LogP contribution in [-0.4, -0.2) is 8.52 Å². The van der Waals surface area contributed by atoms with Gasteiger partial charge in [-0.1, -0.05) is 47.0 Å². The number of aryl methyl sites for hydroxylation is 1. The van der Waals surface area contributed by atoms with E-state index in [1.165, 1.54) is 8.52 Å². The average molecular weight is 367 g/mol. The highest BCUT2D eigenvalue weighted by molar-refractivity contribution is 7.03. The van der Waals surface area contributed by atoms with Gasteiger partial charge in [-0.05, 0) is 36.8 Å². The Morgan fingerprint density at radius 1 is 1.00 bits per heavy atom. The topological polar surface area (TPSA) is 44.0 Å². The fourth-order valence-corrected chi connectivity index (χ4v) is 3.27. The molecule has 0 saturated carbocycles.